The van der Waals surface area contributed by atoms with E-state index >= 15 is 0 Å². The van der Waals surface area contributed by atoms with Crippen LogP contribution < -0.4 is 0 Å². The van der Waals surface area contributed by atoms with Gasteiger partial charge in [-0.05, 0) is 0 Å². The summed E-state index contributed by atoms with van der Waals surface area (Å²) in [5.74, 6) is 0. The molecule has 62 valence electrons. The Morgan fingerprint density at radius 2 is 0.625 bits per heavy atom. The van der Waals surface area contributed by atoms with Crippen molar-refractivity contribution in [3.8, 4) is 0 Å². The van der Waals surface area contributed by atoms with Crippen molar-refractivity contribution in [3.63, 3.8) is 0 Å². The molecule has 0 spiro atoms. The summed E-state index contributed by atoms with van der Waals surface area (Å²) in [6, 6.07) is 0. The summed E-state index contributed by atoms with van der Waals surface area (Å²) in [7, 11) is 9.53. The number of hydrogen-bond donors (Lipinski definition) is 0. The molecule has 0 aliphatic heterocycles. The number of halogens is 2. The zero-order valence-electron chi connectivity index (χ0n) is 3.61. The zero-order chi connectivity index (χ0) is 2.71. The summed E-state index contributed by atoms with van der Waals surface area (Å²) in [6.45, 7) is 0. The van der Waals surface area contributed by atoms with Crippen molar-refractivity contribution in [2.75, 3.05) is 0 Å². The summed E-state index contributed by atoms with van der Waals surface area (Å²) >= 11 is 0.194. The van der Waals surface area contributed by atoms with Crippen molar-refractivity contribution in [3.05, 3.63) is 0 Å². The quantitative estimate of drug-likeness (QED) is 0.385. The van der Waals surface area contributed by atoms with Crippen LogP contribution >= 0.6 is 20.2 Å². The van der Waals surface area contributed by atoms with Gasteiger partial charge in [0.1, 0.15) is 0 Å². The molecule has 0 aromatic rings. The van der Waals surface area contributed by atoms with Crippen LogP contribution in [0.4, 0.5) is 0 Å². The molecule has 0 rings (SSSR count). The molecule has 0 aromatic carbocycles. The van der Waals surface area contributed by atoms with Crippen LogP contribution in [0.2, 0.25) is 0 Å². The van der Waals surface area contributed by atoms with Crippen LogP contribution in [0.1, 0.15) is 0 Å². The van der Waals surface area contributed by atoms with Crippen LogP contribution in [0, 0.1) is 0 Å². The van der Waals surface area contributed by atoms with Gasteiger partial charge in [-0.15, -0.1) is 0 Å². The molecule has 0 aliphatic rings. The summed E-state index contributed by atoms with van der Waals surface area (Å²) < 4.78 is 0. The topological polar surface area (TPSA) is 158 Å². The fourth-order valence-corrected chi connectivity index (χ4v) is 0. The van der Waals surface area contributed by atoms with Crippen molar-refractivity contribution in [2.45, 2.75) is 0 Å². The maximum atomic E-state index is 4.76. The Hall–Kier alpha value is 0.899. The molecular weight excluding hydrogens is 207 g/mol. The molecule has 0 amide bonds. The van der Waals surface area contributed by atoms with Crippen LogP contribution in [0.5, 0.6) is 0 Å². The molecule has 5 nitrogen and oxygen atoms in total. The molecule has 10 N–H and O–H groups in total. The SMILES string of the molecule is O.O.O.O.O.[Cl][Fe][Cl]. The third-order valence-electron chi connectivity index (χ3n) is 0. The first-order valence-electron chi connectivity index (χ1n) is 0.267. The monoisotopic (exact) mass is 216 g/mol. The Labute approximate surface area is 61.1 Å². The maximum absolute atomic E-state index is 4.76. The van der Waals surface area contributed by atoms with Gasteiger partial charge in [-0.2, -0.15) is 0 Å². The average Bonchev–Trinajstić information content (AvgIpc) is 0.918. The van der Waals surface area contributed by atoms with Gasteiger partial charge >= 0.3 is 33.3 Å². The van der Waals surface area contributed by atoms with Gasteiger partial charge in [-0.3, -0.25) is 0 Å². The minimum absolute atomic E-state index is 0. The first-order chi connectivity index (χ1) is 1.41. The molecule has 0 fully saturated rings. The number of hydrogen-bond acceptors (Lipinski definition) is 0. The molecule has 8 heavy (non-hydrogen) atoms. The zero-order valence-corrected chi connectivity index (χ0v) is 6.23. The van der Waals surface area contributed by atoms with E-state index in [4.69, 9.17) is 20.2 Å². The van der Waals surface area contributed by atoms with Gasteiger partial charge in [0.05, 0.1) is 0 Å². The first-order valence-corrected chi connectivity index (χ1v) is 3.31. The van der Waals surface area contributed by atoms with E-state index in [2.05, 4.69) is 0 Å². The van der Waals surface area contributed by atoms with E-state index in [-0.39, 0.29) is 40.5 Å². The fraction of sp³-hybridized carbons (Fsp3) is 0. The second kappa shape index (κ2) is 104. The molecule has 0 saturated heterocycles. The summed E-state index contributed by atoms with van der Waals surface area (Å²) in [4.78, 5) is 0. The third-order valence-corrected chi connectivity index (χ3v) is 0. The Balaban J connectivity index is -0.00000000200. The van der Waals surface area contributed by atoms with E-state index < -0.39 is 0 Å². The van der Waals surface area contributed by atoms with E-state index in [1.807, 2.05) is 0 Å². The van der Waals surface area contributed by atoms with E-state index in [9.17, 15) is 0 Å². The Kier molecular flexibility index (Phi) is 861. The second-order valence-electron chi connectivity index (χ2n) is 0.0505. The molecule has 0 bridgehead atoms. The minimum atomic E-state index is 0. The molecule has 0 radical (unpaired) electrons. The van der Waals surface area contributed by atoms with Crippen molar-refractivity contribution in [1.29, 1.82) is 0 Å². The van der Waals surface area contributed by atoms with Crippen molar-refractivity contribution >= 4 is 20.2 Å². The van der Waals surface area contributed by atoms with Gasteiger partial charge in [-0.25, -0.2) is 0 Å². The van der Waals surface area contributed by atoms with Crippen molar-refractivity contribution in [1.82, 2.24) is 0 Å². The molecular formula is H10Cl2FeO5. The summed E-state index contributed by atoms with van der Waals surface area (Å²) in [5.41, 5.74) is 0. The fourth-order valence-electron chi connectivity index (χ4n) is 0. The standard InChI is InChI=1S/2ClH.Fe.5H2O/h2*1H;;5*1H2/q;;+2;;;;;/p-2. The second-order valence-corrected chi connectivity index (χ2v) is 1.87. The van der Waals surface area contributed by atoms with E-state index in [0.717, 1.165) is 0 Å². The summed E-state index contributed by atoms with van der Waals surface area (Å²) in [6.07, 6.45) is 0. The van der Waals surface area contributed by atoms with Gasteiger partial charge in [0.15, 0.2) is 0 Å². The molecule has 0 unspecified atom stereocenters. The van der Waals surface area contributed by atoms with E-state index in [1.165, 1.54) is 0 Å². The number of rotatable bonds is 0. The van der Waals surface area contributed by atoms with Crippen LogP contribution in [-0.4, -0.2) is 27.4 Å². The molecule has 0 heterocycles. The van der Waals surface area contributed by atoms with Crippen LogP contribution in [0.15, 0.2) is 0 Å². The molecule has 0 aromatic heterocycles. The molecule has 0 aliphatic carbocycles. The first kappa shape index (κ1) is 66.1. The Morgan fingerprint density at radius 1 is 0.625 bits per heavy atom. The average molecular weight is 217 g/mol. The van der Waals surface area contributed by atoms with Gasteiger partial charge < -0.3 is 27.4 Å². The van der Waals surface area contributed by atoms with Gasteiger partial charge in [0.2, 0.25) is 0 Å². The predicted molar refractivity (Wildman–Crippen MR) is 29.8 cm³/mol. The van der Waals surface area contributed by atoms with Gasteiger partial charge in [0.25, 0.3) is 0 Å². The normalized spacial score (nSPS) is 2.75. The Bertz CT molecular complexity index is 10.4. The predicted octanol–water partition coefficient (Wildman–Crippen LogP) is -2.75. The van der Waals surface area contributed by atoms with Crippen LogP contribution in [0.3, 0.4) is 0 Å². The summed E-state index contributed by atoms with van der Waals surface area (Å²) in [5, 5.41) is 0. The van der Waals surface area contributed by atoms with Crippen LogP contribution in [0.25, 0.3) is 0 Å². The van der Waals surface area contributed by atoms with Crippen molar-refractivity contribution in [2.24, 2.45) is 0 Å². The van der Waals surface area contributed by atoms with Gasteiger partial charge in [0, 0.05) is 0 Å². The van der Waals surface area contributed by atoms with Gasteiger partial charge in [-0.1, -0.05) is 0 Å². The molecule has 0 atom stereocenters. The van der Waals surface area contributed by atoms with E-state index in [1.54, 1.807) is 0 Å². The molecule has 0 saturated carbocycles. The Morgan fingerprint density at radius 3 is 0.625 bits per heavy atom. The molecule has 8 heteroatoms. The van der Waals surface area contributed by atoms with Crippen molar-refractivity contribution < 1.29 is 40.5 Å². The van der Waals surface area contributed by atoms with Crippen LogP contribution in [-0.2, 0) is 13.1 Å². The third kappa shape index (κ3) is 297. The van der Waals surface area contributed by atoms with E-state index in [0.29, 0.717) is 0 Å².